The molecule has 4 fully saturated rings. The van der Waals surface area contributed by atoms with E-state index in [0.29, 0.717) is 39.3 Å². The number of urea groups is 1. The highest BCUT2D eigenvalue weighted by atomic mass is 35.5. The standard InChI is InChI=1S/C25H25ClF4N4O3.C23H22ClF4N3O2/c1-31-24(36)32-21-11-20(26)22(37-25(28,29)30)10-16(21)4-9-23(35)34-18-7-8-19(34)14-33(13-18)12-15-2-5-17(27)6-3-15;24-19-10-20(29)15(9-21(19)33-23(26,27)28)3-8-22(32)31-17-6-7-18(31)13-30(12-17)11-14-1-4-16(25)5-2-14/h2-6,9-11,18-19H,7-8,12-14H2,1H3,(H2,31,32,36);1-5,8-10,17-18H,6-7,11-13,29H2/b9-4+;8-3+. The number of carbonyl (C=O) groups excluding carboxylic acids is 3. The molecule has 4 amide bonds. The number of halogens is 10. The molecular formula is C48H47Cl2F8N7O5. The van der Waals surface area contributed by atoms with Crippen molar-refractivity contribution in [2.75, 3.05) is 44.3 Å². The number of fused-ring (bicyclic) bond motifs is 4. The van der Waals surface area contributed by atoms with E-state index in [1.807, 2.05) is 4.90 Å². The molecule has 4 N–H and O–H groups in total. The summed E-state index contributed by atoms with van der Waals surface area (Å²) in [5.41, 5.74) is 8.40. The topological polar surface area (TPSA) is 133 Å². The Morgan fingerprint density at radius 1 is 0.643 bits per heavy atom. The van der Waals surface area contributed by atoms with E-state index in [0.717, 1.165) is 61.1 Å². The number of carbonyl (C=O) groups is 3. The largest absolute Gasteiger partial charge is 0.573 e. The minimum atomic E-state index is -4.97. The van der Waals surface area contributed by atoms with Crippen molar-refractivity contribution in [3.63, 3.8) is 0 Å². The van der Waals surface area contributed by atoms with Gasteiger partial charge in [-0.15, -0.1) is 26.3 Å². The number of amides is 4. The van der Waals surface area contributed by atoms with Gasteiger partial charge in [-0.3, -0.25) is 19.4 Å². The van der Waals surface area contributed by atoms with Gasteiger partial charge in [-0.1, -0.05) is 47.5 Å². The quantitative estimate of drug-likeness (QED) is 0.0769. The van der Waals surface area contributed by atoms with Gasteiger partial charge in [0, 0.05) is 99.4 Å². The van der Waals surface area contributed by atoms with Crippen LogP contribution < -0.4 is 25.8 Å². The fraction of sp³-hybridized carbons (Fsp3) is 0.354. The van der Waals surface area contributed by atoms with Crippen LogP contribution in [0.3, 0.4) is 0 Å². The van der Waals surface area contributed by atoms with Gasteiger partial charge in [0.05, 0.1) is 15.7 Å². The molecule has 4 saturated heterocycles. The summed E-state index contributed by atoms with van der Waals surface area (Å²) in [7, 11) is 1.38. The van der Waals surface area contributed by atoms with Crippen molar-refractivity contribution in [3.05, 3.63) is 129 Å². The first kappa shape index (κ1) is 51.8. The first-order chi connectivity index (χ1) is 33.1. The van der Waals surface area contributed by atoms with Crippen molar-refractivity contribution in [1.82, 2.24) is 24.9 Å². The number of nitrogens with one attached hydrogen (secondary N) is 2. The van der Waals surface area contributed by atoms with Crippen LogP contribution >= 0.6 is 23.2 Å². The molecule has 4 aliphatic heterocycles. The van der Waals surface area contributed by atoms with Crippen LogP contribution in [-0.4, -0.2) is 108 Å². The van der Waals surface area contributed by atoms with E-state index in [1.54, 1.807) is 29.2 Å². The van der Waals surface area contributed by atoms with Crippen LogP contribution in [0.2, 0.25) is 10.0 Å². The number of hydrogen-bond donors (Lipinski definition) is 3. The maximum atomic E-state index is 13.2. The molecule has 4 aliphatic rings. The van der Waals surface area contributed by atoms with Gasteiger partial charge < -0.3 is 35.6 Å². The van der Waals surface area contributed by atoms with E-state index in [2.05, 4.69) is 29.9 Å². The summed E-state index contributed by atoms with van der Waals surface area (Å²) < 4.78 is 110. The number of piperazine rings is 2. The molecular weight excluding hydrogens is 977 g/mol. The van der Waals surface area contributed by atoms with Gasteiger partial charge in [-0.25, -0.2) is 13.6 Å². The molecule has 0 spiro atoms. The second-order valence-corrected chi connectivity index (χ2v) is 18.0. The molecule has 70 heavy (non-hydrogen) atoms. The Bertz CT molecular complexity index is 2570. The lowest BCUT2D eigenvalue weighted by Crippen LogP contribution is -2.55. The minimum Gasteiger partial charge on any atom is -0.404 e. The first-order valence-corrected chi connectivity index (χ1v) is 22.7. The third kappa shape index (κ3) is 13.6. The summed E-state index contributed by atoms with van der Waals surface area (Å²) in [4.78, 5) is 46.0. The maximum absolute atomic E-state index is 13.2. The van der Waals surface area contributed by atoms with Gasteiger partial charge in [-0.05, 0) is 97.5 Å². The smallest absolute Gasteiger partial charge is 0.404 e. The maximum Gasteiger partial charge on any atom is 0.573 e. The third-order valence-corrected chi connectivity index (χ3v) is 12.8. The molecule has 12 nitrogen and oxygen atoms in total. The van der Waals surface area contributed by atoms with E-state index < -0.39 is 30.3 Å². The van der Waals surface area contributed by atoms with Crippen LogP contribution in [0.15, 0.2) is 84.9 Å². The molecule has 4 bridgehead atoms. The summed E-state index contributed by atoms with van der Waals surface area (Å²) >= 11 is 11.7. The Balaban J connectivity index is 0.000000208. The second kappa shape index (κ2) is 21.9. The normalized spacial score (nSPS) is 20.4. The average Bonchev–Trinajstić information content (AvgIpc) is 3.72. The van der Waals surface area contributed by atoms with E-state index in [1.165, 1.54) is 55.6 Å². The number of rotatable bonds is 11. The molecule has 22 heteroatoms. The van der Waals surface area contributed by atoms with Gasteiger partial charge in [0.2, 0.25) is 11.8 Å². The summed E-state index contributed by atoms with van der Waals surface area (Å²) in [6.07, 6.45) is -1.16. The molecule has 0 aromatic heterocycles. The number of ether oxygens (including phenoxy) is 2. The van der Waals surface area contributed by atoms with Gasteiger partial charge in [0.1, 0.15) is 23.1 Å². The van der Waals surface area contributed by atoms with Crippen molar-refractivity contribution in [1.29, 1.82) is 0 Å². The van der Waals surface area contributed by atoms with E-state index in [9.17, 15) is 49.5 Å². The van der Waals surface area contributed by atoms with Gasteiger partial charge in [0.15, 0.2) is 0 Å². The van der Waals surface area contributed by atoms with E-state index >= 15 is 0 Å². The van der Waals surface area contributed by atoms with Crippen LogP contribution in [0.1, 0.15) is 47.9 Å². The molecule has 4 atom stereocenters. The summed E-state index contributed by atoms with van der Waals surface area (Å²) in [5.74, 6) is -2.32. The lowest BCUT2D eigenvalue weighted by atomic mass is 10.1. The number of nitrogens with zero attached hydrogens (tertiary/aromatic N) is 4. The molecule has 0 aliphatic carbocycles. The van der Waals surface area contributed by atoms with Crippen LogP contribution in [0, 0.1) is 11.6 Å². The van der Waals surface area contributed by atoms with Crippen LogP contribution in [0.5, 0.6) is 11.5 Å². The SMILES string of the molecule is CNC(=O)Nc1cc(Cl)c(OC(F)(F)F)cc1/C=C/C(=O)N1C2CCC1CN(Cc1ccc(F)cc1)C2.Nc1cc(Cl)c(OC(F)(F)F)cc1/C=C/C(=O)N1C2CCC1CN(Cc1ccc(F)cc1)C2. The first-order valence-electron chi connectivity index (χ1n) is 22.0. The Kier molecular flexibility index (Phi) is 16.2. The molecule has 4 heterocycles. The summed E-state index contributed by atoms with van der Waals surface area (Å²) in [6, 6.07) is 16.5. The predicted molar refractivity (Wildman–Crippen MR) is 247 cm³/mol. The monoisotopic (exact) mass is 1020 g/mol. The number of nitrogens with two attached hydrogens (primary N) is 1. The van der Waals surface area contributed by atoms with Crippen LogP contribution in [0.4, 0.5) is 51.3 Å². The Hall–Kier alpha value is -6.09. The van der Waals surface area contributed by atoms with Crippen LogP contribution in [-0.2, 0) is 22.7 Å². The zero-order valence-electron chi connectivity index (χ0n) is 37.3. The molecule has 4 aromatic carbocycles. The number of likely N-dealkylation sites (tertiary alicyclic amines) is 2. The molecule has 4 aromatic rings. The highest BCUT2D eigenvalue weighted by Gasteiger charge is 2.43. The lowest BCUT2D eigenvalue weighted by molar-refractivity contribution is -0.275. The van der Waals surface area contributed by atoms with Crippen molar-refractivity contribution in [2.24, 2.45) is 0 Å². The third-order valence-electron chi connectivity index (χ3n) is 12.2. The van der Waals surface area contributed by atoms with Crippen molar-refractivity contribution in [2.45, 2.75) is 75.7 Å². The lowest BCUT2D eigenvalue weighted by Gasteiger charge is -2.40. The molecule has 4 unspecified atom stereocenters. The Labute approximate surface area is 407 Å². The summed E-state index contributed by atoms with van der Waals surface area (Å²) in [5, 5.41) is 4.19. The van der Waals surface area contributed by atoms with Gasteiger partial charge in [-0.2, -0.15) is 0 Å². The van der Waals surface area contributed by atoms with Crippen LogP contribution in [0.25, 0.3) is 12.2 Å². The zero-order chi connectivity index (χ0) is 50.5. The number of alkyl halides is 6. The van der Waals surface area contributed by atoms with Gasteiger partial charge in [0.25, 0.3) is 0 Å². The summed E-state index contributed by atoms with van der Waals surface area (Å²) in [6.45, 7) is 4.02. The van der Waals surface area contributed by atoms with E-state index in [-0.39, 0.29) is 80.2 Å². The number of hydrogen-bond acceptors (Lipinski definition) is 8. The van der Waals surface area contributed by atoms with Crippen molar-refractivity contribution in [3.8, 4) is 11.5 Å². The fourth-order valence-corrected chi connectivity index (χ4v) is 9.70. The Morgan fingerprint density at radius 3 is 1.43 bits per heavy atom. The van der Waals surface area contributed by atoms with Crippen molar-refractivity contribution < 1.29 is 59.0 Å². The second-order valence-electron chi connectivity index (χ2n) is 17.1. The fourth-order valence-electron chi connectivity index (χ4n) is 9.28. The highest BCUT2D eigenvalue weighted by Crippen LogP contribution is 2.38. The number of benzene rings is 4. The highest BCUT2D eigenvalue weighted by molar-refractivity contribution is 6.33. The number of nitrogen functional groups attached to an aromatic ring is 1. The van der Waals surface area contributed by atoms with Gasteiger partial charge >= 0.3 is 18.8 Å². The molecule has 374 valence electrons. The molecule has 8 rings (SSSR count). The zero-order valence-corrected chi connectivity index (χ0v) is 38.8. The van der Waals surface area contributed by atoms with E-state index in [4.69, 9.17) is 28.9 Å². The predicted octanol–water partition coefficient (Wildman–Crippen LogP) is 9.87. The Morgan fingerprint density at radius 2 is 1.03 bits per heavy atom. The average molecular weight is 1020 g/mol. The number of anilines is 2. The molecule has 0 radical (unpaired) electrons. The van der Waals surface area contributed by atoms with Crippen molar-refractivity contribution >= 4 is 64.6 Å². The minimum absolute atomic E-state index is 0.0193. The molecule has 0 saturated carbocycles.